The number of hydrogen-bond acceptors (Lipinski definition) is 4. The van der Waals surface area contributed by atoms with Crippen LogP contribution in [0.3, 0.4) is 0 Å². The van der Waals surface area contributed by atoms with Crippen LogP contribution in [-0.2, 0) is 16.1 Å². The minimum atomic E-state index is 0.204. The third-order valence-corrected chi connectivity index (χ3v) is 4.06. The Hall–Kier alpha value is -1.07. The third kappa shape index (κ3) is 4.80. The second-order valence-corrected chi connectivity index (χ2v) is 5.99. The molecule has 1 aliphatic heterocycles. The molecule has 0 saturated carbocycles. The number of hydrogen-bond donors (Lipinski definition) is 0. The normalized spacial score (nSPS) is 18.1. The van der Waals surface area contributed by atoms with Crippen molar-refractivity contribution in [2.45, 2.75) is 31.9 Å². The van der Waals surface area contributed by atoms with Crippen molar-refractivity contribution in [1.29, 1.82) is 0 Å². The van der Waals surface area contributed by atoms with Gasteiger partial charge in [-0.25, -0.2) is 0 Å². The van der Waals surface area contributed by atoms with Gasteiger partial charge in [0.15, 0.2) is 0 Å². The highest BCUT2D eigenvalue weighted by Crippen LogP contribution is 2.16. The molecule has 1 aliphatic rings. The largest absolute Gasteiger partial charge is 0.376 e. The van der Waals surface area contributed by atoms with E-state index in [4.69, 9.17) is 4.74 Å². The summed E-state index contributed by atoms with van der Waals surface area (Å²) in [6.45, 7) is 2.18. The fraction of sp³-hybridized carbons (Fsp3) is 0.600. The Morgan fingerprint density at radius 2 is 2.30 bits per heavy atom. The minimum absolute atomic E-state index is 0.204. The Labute approximate surface area is 124 Å². The third-order valence-electron chi connectivity index (χ3n) is 3.44. The summed E-state index contributed by atoms with van der Waals surface area (Å²) in [4.78, 5) is 18.3. The summed E-state index contributed by atoms with van der Waals surface area (Å²) in [6, 6.07) is 3.93. The van der Waals surface area contributed by atoms with Crippen molar-refractivity contribution < 1.29 is 9.53 Å². The number of ether oxygens (including phenoxy) is 1. The first-order chi connectivity index (χ1) is 9.79. The van der Waals surface area contributed by atoms with E-state index >= 15 is 0 Å². The number of carbonyl (C=O) groups is 1. The Balaban J connectivity index is 1.96. The molecule has 1 saturated heterocycles. The minimum Gasteiger partial charge on any atom is -0.376 e. The van der Waals surface area contributed by atoms with Gasteiger partial charge in [0, 0.05) is 44.3 Å². The lowest BCUT2D eigenvalue weighted by atomic mass is 10.2. The molecular weight excluding hydrogens is 272 g/mol. The molecule has 0 spiro atoms. The van der Waals surface area contributed by atoms with Gasteiger partial charge in [-0.2, -0.15) is 11.8 Å². The van der Waals surface area contributed by atoms with Crippen LogP contribution in [0.15, 0.2) is 24.5 Å². The molecule has 20 heavy (non-hydrogen) atoms. The van der Waals surface area contributed by atoms with E-state index in [0.717, 1.165) is 30.8 Å². The zero-order chi connectivity index (χ0) is 14.2. The second-order valence-electron chi connectivity index (χ2n) is 5.01. The van der Waals surface area contributed by atoms with E-state index in [1.807, 2.05) is 23.3 Å². The fourth-order valence-corrected chi connectivity index (χ4v) is 2.72. The lowest BCUT2D eigenvalue weighted by molar-refractivity contribution is -0.133. The monoisotopic (exact) mass is 294 g/mol. The van der Waals surface area contributed by atoms with E-state index < -0.39 is 0 Å². The Bertz CT molecular complexity index is 408. The highest BCUT2D eigenvalue weighted by Gasteiger charge is 2.22. The van der Waals surface area contributed by atoms with Crippen molar-refractivity contribution in [2.24, 2.45) is 0 Å². The molecule has 4 nitrogen and oxygen atoms in total. The standard InChI is InChI=1S/C15H22N2O2S/c1-20-10-6-15(18)17(12-14-3-2-9-19-14)11-13-4-7-16-8-5-13/h4-5,7-8,14H,2-3,6,9-12H2,1H3/t14-/m1/s1. The summed E-state index contributed by atoms with van der Waals surface area (Å²) in [6.07, 6.45) is 8.53. The maximum Gasteiger partial charge on any atom is 0.223 e. The number of carbonyl (C=O) groups excluding carboxylic acids is 1. The van der Waals surface area contributed by atoms with Crippen molar-refractivity contribution in [1.82, 2.24) is 9.88 Å². The van der Waals surface area contributed by atoms with Gasteiger partial charge in [-0.05, 0) is 36.8 Å². The van der Waals surface area contributed by atoms with E-state index in [1.165, 1.54) is 0 Å². The maximum absolute atomic E-state index is 12.3. The summed E-state index contributed by atoms with van der Waals surface area (Å²) >= 11 is 1.71. The van der Waals surface area contributed by atoms with Gasteiger partial charge in [0.25, 0.3) is 0 Å². The molecule has 5 heteroatoms. The Morgan fingerprint density at radius 3 is 2.95 bits per heavy atom. The van der Waals surface area contributed by atoms with Crippen LogP contribution in [0, 0.1) is 0 Å². The molecule has 0 bridgehead atoms. The summed E-state index contributed by atoms with van der Waals surface area (Å²) in [5.74, 6) is 1.09. The lowest BCUT2D eigenvalue weighted by Crippen LogP contribution is -2.37. The molecule has 0 radical (unpaired) electrons. The average Bonchev–Trinajstić information content (AvgIpc) is 2.98. The molecule has 1 aromatic heterocycles. The fourth-order valence-electron chi connectivity index (χ4n) is 2.34. The molecular formula is C15H22N2O2S. The highest BCUT2D eigenvalue weighted by atomic mass is 32.2. The van der Waals surface area contributed by atoms with Crippen molar-refractivity contribution >= 4 is 17.7 Å². The van der Waals surface area contributed by atoms with Crippen LogP contribution < -0.4 is 0 Å². The first-order valence-corrected chi connectivity index (χ1v) is 8.46. The average molecular weight is 294 g/mol. The zero-order valence-corrected chi connectivity index (χ0v) is 12.8. The number of amides is 1. The molecule has 1 aromatic rings. The molecule has 2 heterocycles. The second kappa shape index (κ2) is 8.27. The molecule has 0 aromatic carbocycles. The van der Waals surface area contributed by atoms with Crippen molar-refractivity contribution in [3.8, 4) is 0 Å². The quantitative estimate of drug-likeness (QED) is 0.774. The van der Waals surface area contributed by atoms with Gasteiger partial charge in [-0.1, -0.05) is 0 Å². The van der Waals surface area contributed by atoms with Gasteiger partial charge in [-0.15, -0.1) is 0 Å². The first-order valence-electron chi connectivity index (χ1n) is 7.07. The molecule has 0 N–H and O–H groups in total. The van der Waals surface area contributed by atoms with E-state index in [2.05, 4.69) is 4.98 Å². The van der Waals surface area contributed by atoms with Crippen molar-refractivity contribution in [3.05, 3.63) is 30.1 Å². The molecule has 110 valence electrons. The van der Waals surface area contributed by atoms with Gasteiger partial charge in [0.2, 0.25) is 5.91 Å². The van der Waals surface area contributed by atoms with Gasteiger partial charge < -0.3 is 9.64 Å². The molecule has 1 amide bonds. The van der Waals surface area contributed by atoms with E-state index in [1.54, 1.807) is 24.2 Å². The van der Waals surface area contributed by atoms with Gasteiger partial charge in [0.1, 0.15) is 0 Å². The van der Waals surface area contributed by atoms with Crippen LogP contribution in [0.5, 0.6) is 0 Å². The lowest BCUT2D eigenvalue weighted by Gasteiger charge is -2.25. The number of thioether (sulfide) groups is 1. The molecule has 1 atom stereocenters. The topological polar surface area (TPSA) is 42.4 Å². The number of pyridine rings is 1. The van der Waals surface area contributed by atoms with Crippen molar-refractivity contribution in [3.63, 3.8) is 0 Å². The molecule has 2 rings (SSSR count). The predicted octanol–water partition coefficient (Wildman–Crippen LogP) is 2.34. The van der Waals surface area contributed by atoms with Gasteiger partial charge in [-0.3, -0.25) is 9.78 Å². The Morgan fingerprint density at radius 1 is 1.50 bits per heavy atom. The van der Waals surface area contributed by atoms with Crippen LogP contribution in [0.4, 0.5) is 0 Å². The number of rotatable bonds is 7. The van der Waals surface area contributed by atoms with Gasteiger partial charge >= 0.3 is 0 Å². The van der Waals surface area contributed by atoms with Crippen LogP contribution in [0.25, 0.3) is 0 Å². The maximum atomic E-state index is 12.3. The number of nitrogens with zero attached hydrogens (tertiary/aromatic N) is 2. The molecule has 0 unspecified atom stereocenters. The number of aromatic nitrogens is 1. The molecule has 1 fully saturated rings. The first kappa shape index (κ1) is 15.3. The van der Waals surface area contributed by atoms with Crippen LogP contribution in [-0.4, -0.2) is 47.1 Å². The van der Waals surface area contributed by atoms with Crippen LogP contribution in [0.1, 0.15) is 24.8 Å². The van der Waals surface area contributed by atoms with Crippen molar-refractivity contribution in [2.75, 3.05) is 25.2 Å². The van der Waals surface area contributed by atoms with Gasteiger partial charge in [0.05, 0.1) is 6.10 Å². The van der Waals surface area contributed by atoms with E-state index in [9.17, 15) is 4.79 Å². The van der Waals surface area contributed by atoms with Crippen LogP contribution in [0.2, 0.25) is 0 Å². The summed E-state index contributed by atoms with van der Waals surface area (Å²) in [5.41, 5.74) is 1.12. The van der Waals surface area contributed by atoms with E-state index in [-0.39, 0.29) is 12.0 Å². The Kier molecular flexibility index (Phi) is 6.33. The SMILES string of the molecule is CSCCC(=O)N(Cc1ccncc1)C[C@H]1CCCO1. The summed E-state index contributed by atoms with van der Waals surface area (Å²) < 4.78 is 5.66. The summed E-state index contributed by atoms with van der Waals surface area (Å²) in [5, 5.41) is 0. The molecule has 0 aliphatic carbocycles. The zero-order valence-electron chi connectivity index (χ0n) is 12.0. The highest BCUT2D eigenvalue weighted by molar-refractivity contribution is 7.98. The van der Waals surface area contributed by atoms with Crippen LogP contribution >= 0.6 is 11.8 Å². The van der Waals surface area contributed by atoms with E-state index in [0.29, 0.717) is 19.5 Å². The predicted molar refractivity (Wildman–Crippen MR) is 81.6 cm³/mol. The smallest absolute Gasteiger partial charge is 0.223 e. The summed E-state index contributed by atoms with van der Waals surface area (Å²) in [7, 11) is 0.